The van der Waals surface area contributed by atoms with Crippen molar-refractivity contribution < 1.29 is 4.79 Å². The molecule has 2 rings (SSSR count). The Labute approximate surface area is 119 Å². The van der Waals surface area contributed by atoms with E-state index in [1.54, 1.807) is 6.07 Å². The van der Waals surface area contributed by atoms with Gasteiger partial charge in [0.2, 0.25) is 0 Å². The number of carbonyl (C=O) groups is 1. The molecular weight excluding hydrogens is 260 g/mol. The molecule has 0 radical (unpaired) electrons. The van der Waals surface area contributed by atoms with Crippen LogP contribution in [0.2, 0.25) is 5.02 Å². The smallest absolute Gasteiger partial charge is 0.253 e. The summed E-state index contributed by atoms with van der Waals surface area (Å²) in [4.78, 5) is 14.3. The molecule has 1 aromatic rings. The Morgan fingerprint density at radius 2 is 2.16 bits per heavy atom. The van der Waals surface area contributed by atoms with Gasteiger partial charge >= 0.3 is 0 Å². The highest BCUT2D eigenvalue weighted by atomic mass is 35.5. The number of aryl methyl sites for hydroxylation is 1. The molecule has 1 atom stereocenters. The Morgan fingerprint density at radius 3 is 2.89 bits per heavy atom. The van der Waals surface area contributed by atoms with E-state index in [9.17, 15) is 4.79 Å². The fourth-order valence-electron chi connectivity index (χ4n) is 2.48. The second-order valence-electron chi connectivity index (χ2n) is 5.21. The molecule has 1 aromatic carbocycles. The van der Waals surface area contributed by atoms with Gasteiger partial charge in [-0.05, 0) is 57.0 Å². The lowest BCUT2D eigenvalue weighted by Gasteiger charge is -2.27. The maximum absolute atomic E-state index is 12.5. The van der Waals surface area contributed by atoms with E-state index in [0.29, 0.717) is 16.6 Å². The molecule has 0 spiro atoms. The molecule has 1 amide bonds. The minimum absolute atomic E-state index is 0.0637. The topological polar surface area (TPSA) is 32.3 Å². The predicted octanol–water partition coefficient (Wildman–Crippen LogP) is 2.86. The number of rotatable bonds is 2. The lowest BCUT2D eigenvalue weighted by molar-refractivity contribution is 0.0720. The van der Waals surface area contributed by atoms with E-state index in [0.717, 1.165) is 37.9 Å². The summed E-state index contributed by atoms with van der Waals surface area (Å²) in [5, 5.41) is 4.02. The van der Waals surface area contributed by atoms with Crippen LogP contribution in [0.15, 0.2) is 18.2 Å². The molecule has 1 aliphatic heterocycles. The van der Waals surface area contributed by atoms with Gasteiger partial charge in [-0.3, -0.25) is 4.79 Å². The molecule has 1 unspecified atom stereocenters. The van der Waals surface area contributed by atoms with E-state index >= 15 is 0 Å². The van der Waals surface area contributed by atoms with Gasteiger partial charge in [0.15, 0.2) is 0 Å². The minimum atomic E-state index is 0.0637. The molecular formula is C15H21ClN2O. The molecule has 0 saturated carbocycles. The Bertz CT molecular complexity index is 453. The highest BCUT2D eigenvalue weighted by Gasteiger charge is 2.22. The van der Waals surface area contributed by atoms with Crippen molar-refractivity contribution in [3.8, 4) is 0 Å². The molecule has 0 bridgehead atoms. The van der Waals surface area contributed by atoms with Crippen molar-refractivity contribution in [2.45, 2.75) is 32.2 Å². The highest BCUT2D eigenvalue weighted by molar-refractivity contribution is 6.31. The summed E-state index contributed by atoms with van der Waals surface area (Å²) in [7, 11) is 1.89. The fraction of sp³-hybridized carbons (Fsp3) is 0.533. The maximum Gasteiger partial charge on any atom is 0.253 e. The molecule has 0 aliphatic carbocycles. The largest absolute Gasteiger partial charge is 0.339 e. The number of hydrogen-bond donors (Lipinski definition) is 1. The Kier molecular flexibility index (Phi) is 4.83. The van der Waals surface area contributed by atoms with Crippen molar-refractivity contribution in [3.05, 3.63) is 34.3 Å². The molecule has 1 aliphatic rings. The summed E-state index contributed by atoms with van der Waals surface area (Å²) in [5.74, 6) is 0.0637. The normalized spacial score (nSPS) is 19.8. The number of hydrogen-bond acceptors (Lipinski definition) is 2. The van der Waals surface area contributed by atoms with Crippen molar-refractivity contribution in [1.82, 2.24) is 10.2 Å². The van der Waals surface area contributed by atoms with Gasteiger partial charge in [0.25, 0.3) is 5.91 Å². The van der Waals surface area contributed by atoms with Crippen LogP contribution in [0.3, 0.4) is 0 Å². The van der Waals surface area contributed by atoms with Gasteiger partial charge in [0.1, 0.15) is 0 Å². The van der Waals surface area contributed by atoms with E-state index in [2.05, 4.69) is 5.32 Å². The number of carbonyl (C=O) groups excluding carboxylic acids is 1. The number of nitrogens with zero attached hydrogens (tertiary/aromatic N) is 1. The first-order valence-corrected chi connectivity index (χ1v) is 7.21. The van der Waals surface area contributed by atoms with Gasteiger partial charge < -0.3 is 10.2 Å². The summed E-state index contributed by atoms with van der Waals surface area (Å²) < 4.78 is 0. The molecule has 1 N–H and O–H groups in total. The van der Waals surface area contributed by atoms with E-state index in [1.165, 1.54) is 0 Å². The van der Waals surface area contributed by atoms with Gasteiger partial charge in [0, 0.05) is 23.7 Å². The quantitative estimate of drug-likeness (QED) is 0.903. The first kappa shape index (κ1) is 14.4. The number of benzene rings is 1. The van der Waals surface area contributed by atoms with Crippen LogP contribution in [-0.2, 0) is 0 Å². The summed E-state index contributed by atoms with van der Waals surface area (Å²) in [6, 6.07) is 5.85. The van der Waals surface area contributed by atoms with Crippen LogP contribution in [0.1, 0.15) is 35.2 Å². The van der Waals surface area contributed by atoms with Crippen LogP contribution in [0.4, 0.5) is 0 Å². The third kappa shape index (κ3) is 3.48. The molecule has 4 heteroatoms. The second kappa shape index (κ2) is 6.40. The van der Waals surface area contributed by atoms with E-state index in [-0.39, 0.29) is 5.91 Å². The van der Waals surface area contributed by atoms with Crippen molar-refractivity contribution in [2.24, 2.45) is 0 Å². The molecule has 19 heavy (non-hydrogen) atoms. The third-order valence-electron chi connectivity index (χ3n) is 3.83. The maximum atomic E-state index is 12.5. The first-order valence-electron chi connectivity index (χ1n) is 6.83. The zero-order chi connectivity index (χ0) is 13.8. The third-order valence-corrected chi connectivity index (χ3v) is 4.24. The zero-order valence-electron chi connectivity index (χ0n) is 11.6. The Morgan fingerprint density at radius 1 is 1.37 bits per heavy atom. The highest BCUT2D eigenvalue weighted by Crippen LogP contribution is 2.20. The van der Waals surface area contributed by atoms with E-state index in [1.807, 2.05) is 31.0 Å². The van der Waals surface area contributed by atoms with Crippen molar-refractivity contribution in [2.75, 3.05) is 20.1 Å². The van der Waals surface area contributed by atoms with Crippen LogP contribution in [0.25, 0.3) is 0 Å². The fourth-order valence-corrected chi connectivity index (χ4v) is 2.66. The average Bonchev–Trinajstić information content (AvgIpc) is 2.69. The molecule has 1 saturated heterocycles. The van der Waals surface area contributed by atoms with Gasteiger partial charge in [-0.15, -0.1) is 0 Å². The summed E-state index contributed by atoms with van der Waals surface area (Å²) in [6.45, 7) is 3.98. The number of halogens is 1. The first-order chi connectivity index (χ1) is 9.09. The van der Waals surface area contributed by atoms with Gasteiger partial charge in [-0.1, -0.05) is 17.7 Å². The van der Waals surface area contributed by atoms with Crippen LogP contribution < -0.4 is 5.32 Å². The average molecular weight is 281 g/mol. The Hall–Kier alpha value is -1.06. The van der Waals surface area contributed by atoms with Crippen LogP contribution in [0, 0.1) is 6.92 Å². The molecule has 104 valence electrons. The monoisotopic (exact) mass is 280 g/mol. The van der Waals surface area contributed by atoms with Crippen molar-refractivity contribution >= 4 is 17.5 Å². The van der Waals surface area contributed by atoms with Gasteiger partial charge in [-0.2, -0.15) is 0 Å². The molecule has 1 heterocycles. The molecule has 1 fully saturated rings. The lowest BCUT2D eigenvalue weighted by atomic mass is 10.1. The van der Waals surface area contributed by atoms with Crippen LogP contribution in [-0.4, -0.2) is 37.0 Å². The SMILES string of the molecule is Cc1ccc(C(=O)N(C)C2CCCNCC2)cc1Cl. The van der Waals surface area contributed by atoms with E-state index < -0.39 is 0 Å². The van der Waals surface area contributed by atoms with Crippen LogP contribution >= 0.6 is 11.6 Å². The van der Waals surface area contributed by atoms with Gasteiger partial charge in [-0.25, -0.2) is 0 Å². The van der Waals surface area contributed by atoms with Crippen LogP contribution in [0.5, 0.6) is 0 Å². The minimum Gasteiger partial charge on any atom is -0.339 e. The second-order valence-corrected chi connectivity index (χ2v) is 5.62. The molecule has 0 aromatic heterocycles. The Balaban J connectivity index is 2.10. The zero-order valence-corrected chi connectivity index (χ0v) is 12.3. The number of nitrogens with one attached hydrogen (secondary N) is 1. The molecule has 3 nitrogen and oxygen atoms in total. The summed E-state index contributed by atoms with van der Waals surface area (Å²) >= 11 is 6.09. The van der Waals surface area contributed by atoms with E-state index in [4.69, 9.17) is 11.6 Å². The standard InChI is InChI=1S/C15H21ClN2O/c1-11-5-6-12(10-14(11)16)15(19)18(2)13-4-3-8-17-9-7-13/h5-6,10,13,17H,3-4,7-9H2,1-2H3. The predicted molar refractivity (Wildman–Crippen MR) is 78.8 cm³/mol. The summed E-state index contributed by atoms with van der Waals surface area (Å²) in [6.07, 6.45) is 3.20. The lowest BCUT2D eigenvalue weighted by Crippen LogP contribution is -2.37. The van der Waals surface area contributed by atoms with Gasteiger partial charge in [0.05, 0.1) is 0 Å². The van der Waals surface area contributed by atoms with Crippen molar-refractivity contribution in [3.63, 3.8) is 0 Å². The summed E-state index contributed by atoms with van der Waals surface area (Å²) in [5.41, 5.74) is 1.68. The van der Waals surface area contributed by atoms with Crippen molar-refractivity contribution in [1.29, 1.82) is 0 Å². The number of amides is 1.